The summed E-state index contributed by atoms with van der Waals surface area (Å²) in [6.45, 7) is 5.05. The number of fused-ring (bicyclic) bond motifs is 3. The Morgan fingerprint density at radius 3 is 1.04 bits per heavy atom. The van der Waals surface area contributed by atoms with E-state index in [0.29, 0.717) is 61.9 Å². The minimum atomic E-state index is -1.36. The van der Waals surface area contributed by atoms with Gasteiger partial charge in [0.15, 0.2) is 77.2 Å². The smallest absolute Gasteiger partial charge is 0.303 e. The molecule has 0 aliphatic carbocycles. The van der Waals surface area contributed by atoms with E-state index >= 15 is 0 Å². The third kappa shape index (κ3) is 10.7. The molecule has 9 rings (SSSR count). The summed E-state index contributed by atoms with van der Waals surface area (Å²) in [6, 6.07) is 28.1. The van der Waals surface area contributed by atoms with E-state index < -0.39 is 78.4 Å². The first-order valence-corrected chi connectivity index (χ1v) is 26.0. The van der Waals surface area contributed by atoms with Crippen LogP contribution < -0.4 is 56.8 Å². The number of methoxy groups -OCH3 is 9. The van der Waals surface area contributed by atoms with Gasteiger partial charge in [-0.05, 0) is 71.3 Å². The lowest BCUT2D eigenvalue weighted by atomic mass is 9.74. The summed E-state index contributed by atoms with van der Waals surface area (Å²) in [7, 11) is 13.4. The van der Waals surface area contributed by atoms with Gasteiger partial charge in [0.05, 0.1) is 75.8 Å². The van der Waals surface area contributed by atoms with Crippen molar-refractivity contribution >= 4 is 23.9 Å². The molecule has 0 unspecified atom stereocenters. The molecule has 0 radical (unpaired) electrons. The van der Waals surface area contributed by atoms with Crippen molar-refractivity contribution in [1.82, 2.24) is 0 Å². The van der Waals surface area contributed by atoms with Gasteiger partial charge in [0, 0.05) is 55.5 Å². The number of hydrogen-bond acceptors (Lipinski definition) is 20. The third-order valence-electron chi connectivity index (χ3n) is 14.6. The summed E-state index contributed by atoms with van der Waals surface area (Å²) < 4.78 is 100. The third-order valence-corrected chi connectivity index (χ3v) is 14.6. The lowest BCUT2D eigenvalue weighted by molar-refractivity contribution is -0.178. The van der Waals surface area contributed by atoms with Crippen LogP contribution in [-0.4, -0.2) is 106 Å². The Morgan fingerprint density at radius 2 is 0.671 bits per heavy atom. The second kappa shape index (κ2) is 24.3. The Hall–Kier alpha value is -9.20. The molecule has 6 aromatic rings. The van der Waals surface area contributed by atoms with E-state index in [1.54, 1.807) is 98.1 Å². The van der Waals surface area contributed by atoms with E-state index in [9.17, 15) is 19.2 Å². The van der Waals surface area contributed by atoms with E-state index in [-0.39, 0.29) is 51.6 Å². The van der Waals surface area contributed by atoms with Gasteiger partial charge in [-0.25, -0.2) is 0 Å². The van der Waals surface area contributed by atoms with Crippen molar-refractivity contribution in [3.63, 3.8) is 0 Å². The van der Waals surface area contributed by atoms with Crippen molar-refractivity contribution in [2.24, 2.45) is 0 Å². The van der Waals surface area contributed by atoms with Crippen LogP contribution in [0, 0.1) is 0 Å². The highest BCUT2D eigenvalue weighted by atomic mass is 16.6. The molecule has 3 aliphatic rings. The quantitative estimate of drug-likeness (QED) is 0.0578. The van der Waals surface area contributed by atoms with Crippen LogP contribution in [-0.2, 0) is 38.1 Å². The molecule has 0 bridgehead atoms. The summed E-state index contributed by atoms with van der Waals surface area (Å²) >= 11 is 0. The van der Waals surface area contributed by atoms with Gasteiger partial charge in [0.1, 0.15) is 17.2 Å². The van der Waals surface area contributed by atoms with Crippen molar-refractivity contribution in [2.75, 3.05) is 64.0 Å². The normalized spacial score (nSPS) is 21.1. The molecule has 20 heteroatoms. The monoisotopic (exact) mass is 1130 g/mol. The van der Waals surface area contributed by atoms with Crippen molar-refractivity contribution in [1.29, 1.82) is 0 Å². The number of benzene rings is 6. The zero-order chi connectivity index (χ0) is 58.7. The van der Waals surface area contributed by atoms with E-state index in [1.807, 2.05) is 6.07 Å². The van der Waals surface area contributed by atoms with Crippen LogP contribution in [0.2, 0.25) is 0 Å². The van der Waals surface area contributed by atoms with Crippen molar-refractivity contribution in [2.45, 2.75) is 82.3 Å². The summed E-state index contributed by atoms with van der Waals surface area (Å²) in [6.07, 6.45) is -8.29. The molecule has 0 saturated carbocycles. The fourth-order valence-corrected chi connectivity index (χ4v) is 11.3. The Labute approximate surface area is 474 Å². The van der Waals surface area contributed by atoms with Crippen LogP contribution in [0.1, 0.15) is 108 Å². The minimum Gasteiger partial charge on any atom is -0.497 e. The molecule has 3 heterocycles. The molecule has 20 nitrogen and oxygen atoms in total. The highest BCUT2D eigenvalue weighted by Gasteiger charge is 2.53. The van der Waals surface area contributed by atoms with Crippen LogP contribution in [0.25, 0.3) is 0 Å². The van der Waals surface area contributed by atoms with Crippen LogP contribution in [0.4, 0.5) is 0 Å². The van der Waals surface area contributed by atoms with Crippen molar-refractivity contribution in [3.8, 4) is 69.0 Å². The van der Waals surface area contributed by atoms with Gasteiger partial charge >= 0.3 is 23.9 Å². The molecule has 0 saturated heterocycles. The second-order valence-corrected chi connectivity index (χ2v) is 19.3. The van der Waals surface area contributed by atoms with Crippen LogP contribution in [0.5, 0.6) is 69.0 Å². The molecular weight excluding hydrogens is 1060 g/mol. The fourth-order valence-electron chi connectivity index (χ4n) is 11.3. The Balaban J connectivity index is 1.40. The van der Waals surface area contributed by atoms with Gasteiger partial charge in [0.2, 0.25) is 17.2 Å². The molecule has 432 valence electrons. The molecular formula is C62H64O20. The van der Waals surface area contributed by atoms with Crippen molar-refractivity contribution in [3.05, 3.63) is 142 Å². The lowest BCUT2D eigenvalue weighted by Crippen LogP contribution is -2.41. The maximum atomic E-state index is 13.8. The molecule has 9 atom stereocenters. The van der Waals surface area contributed by atoms with E-state index in [1.165, 1.54) is 84.6 Å². The summed E-state index contributed by atoms with van der Waals surface area (Å²) in [5.74, 6) is -1.66. The predicted molar refractivity (Wildman–Crippen MR) is 293 cm³/mol. The Morgan fingerprint density at radius 1 is 0.329 bits per heavy atom. The van der Waals surface area contributed by atoms with Gasteiger partial charge < -0.3 is 75.8 Å². The first-order valence-electron chi connectivity index (χ1n) is 26.0. The van der Waals surface area contributed by atoms with Crippen molar-refractivity contribution < 1.29 is 95.0 Å². The Bertz CT molecular complexity index is 3340. The average molecular weight is 1130 g/mol. The van der Waals surface area contributed by atoms with Crippen LogP contribution >= 0.6 is 0 Å². The SMILES string of the molecule is COc1ccc([C@H]2Oc3c(cc([C@@H]4c5cc([C@H]6c7ccc(OC)c(OC)c7O[C@H](c7ccc(OC)cc7)[C@@H]6OC(C)=O)c(OC)c(OC)c5O[C@H](c5ccc(OC)cc5)[C@H]4OC(C)=O)c(OC)c3OC)[C@@H](OC(C)=O)[C@H]2OC(C)=O)cc1. The lowest BCUT2D eigenvalue weighted by Gasteiger charge is -2.43. The largest absolute Gasteiger partial charge is 0.497 e. The minimum absolute atomic E-state index is 0.0416. The number of carbonyl (C=O) groups excluding carboxylic acids is 4. The number of ether oxygens (including phenoxy) is 16. The standard InChI is InChI=1S/C62H64O20/c1-30(63)76-56-44-29-42(52(72-10)61(75-13)55(44)82-50(62(56)79-33(4)66)36-18-24-39(69-7)25-19-36)47-43-28-41(51(71-9)60(74-12)54(43)81-49(59(47)78-32(3)65)35-16-22-38(68-6)23-17-35)46-40-26-27-45(70-8)57(73-11)53(40)80-48(58(46)77-31(2)64)34-14-20-37(67-5)21-15-34/h14-29,46-50,56,58-59,62H,1-13H3/t46-,47-,48-,49-,50-,56-,58-,59+,62+/m1/s1. The molecule has 0 N–H and O–H groups in total. The van der Waals surface area contributed by atoms with Crippen LogP contribution in [0.3, 0.4) is 0 Å². The molecule has 6 aromatic carbocycles. The number of rotatable bonds is 18. The predicted octanol–water partition coefficient (Wildman–Crippen LogP) is 9.83. The number of hydrogen-bond donors (Lipinski definition) is 0. The molecule has 0 aromatic heterocycles. The topological polar surface area (TPSA) is 216 Å². The van der Waals surface area contributed by atoms with E-state index in [2.05, 4.69) is 0 Å². The van der Waals surface area contributed by atoms with Gasteiger partial charge in [-0.3, -0.25) is 19.2 Å². The molecule has 0 spiro atoms. The zero-order valence-electron chi connectivity index (χ0n) is 47.6. The molecule has 0 fully saturated rings. The number of carbonyl (C=O) groups is 4. The van der Waals surface area contributed by atoms with Gasteiger partial charge in [-0.1, -0.05) is 42.5 Å². The fraction of sp³-hybridized carbons (Fsp3) is 0.355. The Kier molecular flexibility index (Phi) is 17.0. The maximum Gasteiger partial charge on any atom is 0.303 e. The maximum absolute atomic E-state index is 13.8. The highest BCUT2D eigenvalue weighted by molar-refractivity contribution is 5.74. The second-order valence-electron chi connectivity index (χ2n) is 19.3. The zero-order valence-corrected chi connectivity index (χ0v) is 47.6. The molecule has 3 aliphatic heterocycles. The van der Waals surface area contributed by atoms with Gasteiger partial charge in [-0.15, -0.1) is 0 Å². The van der Waals surface area contributed by atoms with E-state index in [0.717, 1.165) is 0 Å². The summed E-state index contributed by atoms with van der Waals surface area (Å²) in [4.78, 5) is 54.0. The van der Waals surface area contributed by atoms with Gasteiger partial charge in [-0.2, -0.15) is 0 Å². The summed E-state index contributed by atoms with van der Waals surface area (Å²) in [5.41, 5.74) is 3.41. The van der Waals surface area contributed by atoms with Crippen LogP contribution in [0.15, 0.2) is 97.1 Å². The van der Waals surface area contributed by atoms with Gasteiger partial charge in [0.25, 0.3) is 0 Å². The summed E-state index contributed by atoms with van der Waals surface area (Å²) in [5, 5.41) is 0. The van der Waals surface area contributed by atoms with E-state index in [4.69, 9.17) is 75.8 Å². The molecule has 0 amide bonds. The molecule has 82 heavy (non-hydrogen) atoms. The average Bonchev–Trinajstić information content (AvgIpc) is 1.30. The number of esters is 4. The highest BCUT2D eigenvalue weighted by Crippen LogP contribution is 2.63. The first-order chi connectivity index (χ1) is 39.6. The first kappa shape index (κ1) is 57.5.